The smallest absolute Gasteiger partial charge is 0.259 e. The van der Waals surface area contributed by atoms with Crippen molar-refractivity contribution in [2.45, 2.75) is 6.61 Å². The van der Waals surface area contributed by atoms with Gasteiger partial charge in [0.1, 0.15) is 18.1 Å². The van der Waals surface area contributed by atoms with Crippen molar-refractivity contribution in [2.75, 3.05) is 5.32 Å². The Morgan fingerprint density at radius 1 is 1.00 bits per heavy atom. The van der Waals surface area contributed by atoms with Crippen LogP contribution >= 0.6 is 11.6 Å². The van der Waals surface area contributed by atoms with Gasteiger partial charge in [-0.2, -0.15) is 0 Å². The van der Waals surface area contributed by atoms with E-state index < -0.39 is 0 Å². The van der Waals surface area contributed by atoms with Crippen molar-refractivity contribution in [3.63, 3.8) is 0 Å². The van der Waals surface area contributed by atoms with E-state index in [1.807, 2.05) is 30.3 Å². The molecule has 0 aliphatic rings. The number of phenols is 1. The van der Waals surface area contributed by atoms with E-state index in [9.17, 15) is 9.90 Å². The minimum atomic E-state index is -0.365. The predicted octanol–water partition coefficient (Wildman–Crippen LogP) is 4.88. The molecule has 0 heterocycles. The highest BCUT2D eigenvalue weighted by atomic mass is 35.5. The third kappa shape index (κ3) is 4.52. The van der Waals surface area contributed by atoms with E-state index in [1.54, 1.807) is 30.3 Å². The van der Waals surface area contributed by atoms with Gasteiger partial charge in [-0.1, -0.05) is 48.0 Å². The molecule has 0 aromatic heterocycles. The summed E-state index contributed by atoms with van der Waals surface area (Å²) >= 11 is 6.03. The second kappa shape index (κ2) is 7.73. The van der Waals surface area contributed by atoms with Crippen LogP contribution < -0.4 is 10.1 Å². The number of hydrogen-bond donors (Lipinski definition) is 2. The summed E-state index contributed by atoms with van der Waals surface area (Å²) in [5, 5.41) is 12.7. The number of ether oxygens (including phenoxy) is 1. The number of anilines is 1. The first-order valence-corrected chi connectivity index (χ1v) is 8.06. The molecule has 0 atom stereocenters. The summed E-state index contributed by atoms with van der Waals surface area (Å²) in [5.41, 5.74) is 1.81. The number of carbonyl (C=O) groups is 1. The van der Waals surface area contributed by atoms with Gasteiger partial charge in [0.05, 0.1) is 5.56 Å². The van der Waals surface area contributed by atoms with Crippen LogP contribution in [0.4, 0.5) is 5.69 Å². The summed E-state index contributed by atoms with van der Waals surface area (Å²) in [5.74, 6) is 0.145. The van der Waals surface area contributed by atoms with E-state index in [0.29, 0.717) is 28.6 Å². The first-order valence-electron chi connectivity index (χ1n) is 7.68. The SMILES string of the molecule is O=C(Nc1cccc(O)c1)c1cc(Cl)ccc1OCc1ccccc1. The van der Waals surface area contributed by atoms with Crippen LogP contribution in [0, 0.1) is 0 Å². The standard InChI is InChI=1S/C20H16ClNO3/c21-15-9-10-19(25-13-14-5-2-1-3-6-14)18(11-15)20(24)22-16-7-4-8-17(23)12-16/h1-12,23H,13H2,(H,22,24). The lowest BCUT2D eigenvalue weighted by molar-refractivity contribution is 0.102. The summed E-state index contributed by atoms with van der Waals surface area (Å²) < 4.78 is 5.79. The zero-order valence-corrected chi connectivity index (χ0v) is 14.0. The van der Waals surface area contributed by atoms with Crippen LogP contribution in [0.1, 0.15) is 15.9 Å². The molecule has 0 fully saturated rings. The van der Waals surface area contributed by atoms with Crippen LogP contribution in [0.15, 0.2) is 72.8 Å². The van der Waals surface area contributed by atoms with Crippen molar-refractivity contribution in [1.82, 2.24) is 0 Å². The zero-order chi connectivity index (χ0) is 17.6. The molecule has 25 heavy (non-hydrogen) atoms. The van der Waals surface area contributed by atoms with Crippen LogP contribution in [0.3, 0.4) is 0 Å². The van der Waals surface area contributed by atoms with Gasteiger partial charge in [-0.05, 0) is 35.9 Å². The maximum atomic E-state index is 12.6. The molecule has 0 saturated carbocycles. The molecule has 2 N–H and O–H groups in total. The van der Waals surface area contributed by atoms with E-state index in [1.165, 1.54) is 12.1 Å². The molecule has 0 aliphatic heterocycles. The molecular weight excluding hydrogens is 338 g/mol. The Morgan fingerprint density at radius 2 is 1.80 bits per heavy atom. The number of phenolic OH excluding ortho intramolecular Hbond substituents is 1. The van der Waals surface area contributed by atoms with Crippen molar-refractivity contribution in [2.24, 2.45) is 0 Å². The Kier molecular flexibility index (Phi) is 5.21. The van der Waals surface area contributed by atoms with E-state index in [0.717, 1.165) is 5.56 Å². The van der Waals surface area contributed by atoms with Crippen molar-refractivity contribution in [1.29, 1.82) is 0 Å². The summed E-state index contributed by atoms with van der Waals surface area (Å²) in [6.45, 7) is 0.342. The number of carbonyl (C=O) groups excluding carboxylic acids is 1. The van der Waals surface area contributed by atoms with Crippen LogP contribution in [-0.4, -0.2) is 11.0 Å². The fourth-order valence-corrected chi connectivity index (χ4v) is 2.50. The lowest BCUT2D eigenvalue weighted by Gasteiger charge is -2.12. The van der Waals surface area contributed by atoms with Gasteiger partial charge in [0.2, 0.25) is 0 Å². The highest BCUT2D eigenvalue weighted by molar-refractivity contribution is 6.31. The van der Waals surface area contributed by atoms with Gasteiger partial charge in [0.15, 0.2) is 0 Å². The summed E-state index contributed by atoms with van der Waals surface area (Å²) in [6.07, 6.45) is 0. The number of hydrogen-bond acceptors (Lipinski definition) is 3. The molecule has 0 bridgehead atoms. The maximum Gasteiger partial charge on any atom is 0.259 e. The molecule has 5 heteroatoms. The second-order valence-electron chi connectivity index (χ2n) is 5.42. The maximum absolute atomic E-state index is 12.6. The van der Waals surface area contributed by atoms with Gasteiger partial charge in [-0.15, -0.1) is 0 Å². The molecule has 0 radical (unpaired) electrons. The Bertz CT molecular complexity index is 881. The van der Waals surface area contributed by atoms with Crippen molar-refractivity contribution < 1.29 is 14.6 Å². The normalized spacial score (nSPS) is 10.3. The zero-order valence-electron chi connectivity index (χ0n) is 13.3. The fourth-order valence-electron chi connectivity index (χ4n) is 2.32. The lowest BCUT2D eigenvalue weighted by atomic mass is 10.1. The summed E-state index contributed by atoms with van der Waals surface area (Å²) in [7, 11) is 0. The van der Waals surface area contributed by atoms with E-state index in [2.05, 4.69) is 5.32 Å². The van der Waals surface area contributed by atoms with Gasteiger partial charge >= 0.3 is 0 Å². The molecule has 4 nitrogen and oxygen atoms in total. The molecule has 1 amide bonds. The van der Waals surface area contributed by atoms with Crippen molar-refractivity contribution >= 4 is 23.2 Å². The Hall–Kier alpha value is -2.98. The molecule has 126 valence electrons. The number of amides is 1. The van der Waals surface area contributed by atoms with E-state index in [4.69, 9.17) is 16.3 Å². The molecular formula is C20H16ClNO3. The van der Waals surface area contributed by atoms with Crippen molar-refractivity contribution in [3.05, 3.63) is 88.9 Å². The molecule has 0 spiro atoms. The molecule has 0 aliphatic carbocycles. The molecule has 0 unspecified atom stereocenters. The second-order valence-corrected chi connectivity index (χ2v) is 5.86. The minimum absolute atomic E-state index is 0.0736. The van der Waals surface area contributed by atoms with Crippen LogP contribution in [0.25, 0.3) is 0 Å². The lowest BCUT2D eigenvalue weighted by Crippen LogP contribution is -2.13. The average molecular weight is 354 g/mol. The first-order chi connectivity index (χ1) is 12.1. The third-order valence-electron chi connectivity index (χ3n) is 3.53. The summed E-state index contributed by atoms with van der Waals surface area (Å²) in [4.78, 5) is 12.6. The Morgan fingerprint density at radius 3 is 2.56 bits per heavy atom. The first kappa shape index (κ1) is 16.9. The van der Waals surface area contributed by atoms with Crippen LogP contribution in [0.2, 0.25) is 5.02 Å². The van der Waals surface area contributed by atoms with Gasteiger partial charge in [0.25, 0.3) is 5.91 Å². The Balaban J connectivity index is 1.79. The number of nitrogens with one attached hydrogen (secondary N) is 1. The Labute approximate surface area is 150 Å². The summed E-state index contributed by atoms with van der Waals surface area (Å²) in [6, 6.07) is 20.9. The molecule has 3 aromatic carbocycles. The van der Waals surface area contributed by atoms with E-state index in [-0.39, 0.29) is 11.7 Å². The number of benzene rings is 3. The minimum Gasteiger partial charge on any atom is -0.508 e. The van der Waals surface area contributed by atoms with Crippen LogP contribution in [-0.2, 0) is 6.61 Å². The van der Waals surface area contributed by atoms with Crippen LogP contribution in [0.5, 0.6) is 11.5 Å². The average Bonchev–Trinajstić information content (AvgIpc) is 2.61. The molecule has 3 rings (SSSR count). The largest absolute Gasteiger partial charge is 0.508 e. The quantitative estimate of drug-likeness (QED) is 0.687. The highest BCUT2D eigenvalue weighted by Crippen LogP contribution is 2.25. The van der Waals surface area contributed by atoms with Gasteiger partial charge < -0.3 is 15.2 Å². The third-order valence-corrected chi connectivity index (χ3v) is 3.76. The topological polar surface area (TPSA) is 58.6 Å². The monoisotopic (exact) mass is 353 g/mol. The highest BCUT2D eigenvalue weighted by Gasteiger charge is 2.14. The fraction of sp³-hybridized carbons (Fsp3) is 0.0500. The van der Waals surface area contributed by atoms with Gasteiger partial charge in [-0.3, -0.25) is 4.79 Å². The van der Waals surface area contributed by atoms with Gasteiger partial charge in [0, 0.05) is 16.8 Å². The number of aromatic hydroxyl groups is 1. The molecule has 0 saturated heterocycles. The van der Waals surface area contributed by atoms with Gasteiger partial charge in [-0.25, -0.2) is 0 Å². The number of rotatable bonds is 5. The molecule has 3 aromatic rings. The van der Waals surface area contributed by atoms with E-state index >= 15 is 0 Å². The number of halogens is 1. The van der Waals surface area contributed by atoms with Crippen molar-refractivity contribution in [3.8, 4) is 11.5 Å². The predicted molar refractivity (Wildman–Crippen MR) is 98.3 cm³/mol.